The average Bonchev–Trinajstić information content (AvgIpc) is 3.41. The molecule has 0 bridgehead atoms. The van der Waals surface area contributed by atoms with E-state index in [-0.39, 0.29) is 42.0 Å². The fraction of sp³-hybridized carbons (Fsp3) is 0.536. The third kappa shape index (κ3) is 6.02. The number of hydrogen-bond acceptors (Lipinski definition) is 6. The van der Waals surface area contributed by atoms with Gasteiger partial charge in [-0.2, -0.15) is 0 Å². The standard InChI is InChI=1S/C28H41N7O3/c1-6-23(36)29-20-14-12-19(13-15-20)26(37)31-25-21-16-35(28(2,3)24(21)32-33-25)27(38)30-22(17-34(4)5)18-10-8-7-9-11-18/h6-11,19-20,22,25,32-33H,1,12-17H2,2-5H3,(H,29,36)(H,30,38)(H,31,37)/t19-,20-,22-,25?/m1/s1. The second-order valence-corrected chi connectivity index (χ2v) is 11.2. The maximum absolute atomic E-state index is 13.6. The number of hydrogen-bond donors (Lipinski definition) is 5. The summed E-state index contributed by atoms with van der Waals surface area (Å²) in [6, 6.07) is 9.76. The summed E-state index contributed by atoms with van der Waals surface area (Å²) < 4.78 is 0. The van der Waals surface area contributed by atoms with E-state index >= 15 is 0 Å². The third-order valence-corrected chi connectivity index (χ3v) is 7.84. The molecule has 0 aromatic heterocycles. The molecule has 5 N–H and O–H groups in total. The van der Waals surface area contributed by atoms with Gasteiger partial charge in [-0.3, -0.25) is 9.59 Å². The maximum atomic E-state index is 13.6. The van der Waals surface area contributed by atoms with Gasteiger partial charge in [0.1, 0.15) is 6.17 Å². The second-order valence-electron chi connectivity index (χ2n) is 11.2. The van der Waals surface area contributed by atoms with E-state index in [4.69, 9.17) is 0 Å². The Kier molecular flexibility index (Phi) is 8.42. The van der Waals surface area contributed by atoms with Gasteiger partial charge in [-0.25, -0.2) is 10.2 Å². The molecule has 206 valence electrons. The van der Waals surface area contributed by atoms with Crippen LogP contribution in [-0.2, 0) is 9.59 Å². The van der Waals surface area contributed by atoms with Crippen LogP contribution in [0.3, 0.4) is 0 Å². The highest BCUT2D eigenvalue weighted by molar-refractivity contribution is 5.87. The first kappa shape index (κ1) is 27.7. The fourth-order valence-corrected chi connectivity index (χ4v) is 5.66. The van der Waals surface area contributed by atoms with Crippen LogP contribution in [-0.4, -0.2) is 72.6 Å². The molecule has 4 rings (SSSR count). The molecule has 4 amide bonds. The van der Waals surface area contributed by atoms with Gasteiger partial charge in [-0.15, -0.1) is 0 Å². The molecule has 10 nitrogen and oxygen atoms in total. The summed E-state index contributed by atoms with van der Waals surface area (Å²) in [4.78, 5) is 42.1. The molecule has 0 saturated heterocycles. The second kappa shape index (κ2) is 11.6. The molecule has 2 atom stereocenters. The lowest BCUT2D eigenvalue weighted by Gasteiger charge is -2.36. The summed E-state index contributed by atoms with van der Waals surface area (Å²) in [6.45, 7) is 8.60. The zero-order valence-corrected chi connectivity index (χ0v) is 22.8. The molecule has 1 aromatic rings. The predicted molar refractivity (Wildman–Crippen MR) is 146 cm³/mol. The van der Waals surface area contributed by atoms with E-state index in [2.05, 4.69) is 38.3 Å². The van der Waals surface area contributed by atoms with Crippen molar-refractivity contribution in [1.82, 2.24) is 36.6 Å². The van der Waals surface area contributed by atoms with E-state index in [1.807, 2.05) is 63.2 Å². The van der Waals surface area contributed by atoms with Crippen LogP contribution in [0.1, 0.15) is 51.1 Å². The number of rotatable bonds is 8. The number of urea groups is 1. The minimum atomic E-state index is -0.577. The van der Waals surface area contributed by atoms with Crippen molar-refractivity contribution >= 4 is 17.8 Å². The number of nitrogens with one attached hydrogen (secondary N) is 5. The van der Waals surface area contributed by atoms with Crippen LogP contribution in [0.2, 0.25) is 0 Å². The number of amides is 4. The first-order valence-electron chi connectivity index (χ1n) is 13.4. The van der Waals surface area contributed by atoms with Gasteiger partial charge < -0.3 is 31.2 Å². The van der Waals surface area contributed by atoms with Gasteiger partial charge in [0, 0.05) is 30.6 Å². The molecule has 38 heavy (non-hydrogen) atoms. The van der Waals surface area contributed by atoms with E-state index in [1.54, 1.807) is 0 Å². The van der Waals surface area contributed by atoms with Gasteiger partial charge in [0.05, 0.1) is 17.3 Å². The van der Waals surface area contributed by atoms with E-state index < -0.39 is 5.54 Å². The Balaban J connectivity index is 1.37. The first-order chi connectivity index (χ1) is 18.1. The van der Waals surface area contributed by atoms with Crippen LogP contribution in [0.25, 0.3) is 0 Å². The SMILES string of the molecule is C=CC(=O)N[C@H]1CC[C@H](C(=O)NC2NNC3=C2CN(C(=O)N[C@H](CN(C)C)c2ccccc2)C3(C)C)CC1. The van der Waals surface area contributed by atoms with Crippen LogP contribution in [0.4, 0.5) is 4.79 Å². The molecule has 1 aliphatic carbocycles. The van der Waals surface area contributed by atoms with Crippen molar-refractivity contribution in [3.63, 3.8) is 0 Å². The number of nitrogens with zero attached hydrogens (tertiary/aromatic N) is 2. The van der Waals surface area contributed by atoms with Crippen molar-refractivity contribution in [1.29, 1.82) is 0 Å². The lowest BCUT2D eigenvalue weighted by atomic mass is 9.85. The molecule has 1 saturated carbocycles. The number of hydrazine groups is 1. The Hall–Kier alpha value is -3.37. The number of carbonyl (C=O) groups is 3. The van der Waals surface area contributed by atoms with Gasteiger partial charge in [0.15, 0.2) is 0 Å². The fourth-order valence-electron chi connectivity index (χ4n) is 5.66. The highest BCUT2D eigenvalue weighted by Gasteiger charge is 2.48. The van der Waals surface area contributed by atoms with Gasteiger partial charge in [-0.1, -0.05) is 36.9 Å². The van der Waals surface area contributed by atoms with Crippen molar-refractivity contribution in [2.75, 3.05) is 27.2 Å². The molecular weight excluding hydrogens is 482 g/mol. The van der Waals surface area contributed by atoms with Crippen LogP contribution in [0.15, 0.2) is 54.3 Å². The van der Waals surface area contributed by atoms with E-state index in [0.29, 0.717) is 25.9 Å². The first-order valence-corrected chi connectivity index (χ1v) is 13.4. The zero-order chi connectivity index (χ0) is 27.4. The molecule has 2 heterocycles. The van der Waals surface area contributed by atoms with Crippen LogP contribution in [0.5, 0.6) is 0 Å². The molecular formula is C28H41N7O3. The number of benzene rings is 1. The van der Waals surface area contributed by atoms with Gasteiger partial charge >= 0.3 is 6.03 Å². The number of likely N-dealkylation sites (N-methyl/N-ethyl adjacent to an activating group) is 1. The van der Waals surface area contributed by atoms with Crippen LogP contribution in [0, 0.1) is 5.92 Å². The zero-order valence-electron chi connectivity index (χ0n) is 22.8. The molecule has 1 unspecified atom stereocenters. The predicted octanol–water partition coefficient (Wildman–Crippen LogP) is 1.76. The summed E-state index contributed by atoms with van der Waals surface area (Å²) >= 11 is 0. The van der Waals surface area contributed by atoms with Crippen molar-refractivity contribution in [3.05, 3.63) is 59.8 Å². The van der Waals surface area contributed by atoms with Crippen molar-refractivity contribution < 1.29 is 14.4 Å². The van der Waals surface area contributed by atoms with Gasteiger partial charge in [0.2, 0.25) is 11.8 Å². The molecule has 10 heteroatoms. The van der Waals surface area contributed by atoms with E-state index in [9.17, 15) is 14.4 Å². The number of carbonyl (C=O) groups excluding carboxylic acids is 3. The van der Waals surface area contributed by atoms with E-state index in [0.717, 1.165) is 29.7 Å². The lowest BCUT2D eigenvalue weighted by Crippen LogP contribution is -2.57. The van der Waals surface area contributed by atoms with E-state index in [1.165, 1.54) is 6.08 Å². The average molecular weight is 524 g/mol. The molecule has 2 aliphatic heterocycles. The third-order valence-electron chi connectivity index (χ3n) is 7.84. The highest BCUT2D eigenvalue weighted by Crippen LogP contribution is 2.36. The van der Waals surface area contributed by atoms with Crippen LogP contribution < -0.4 is 26.8 Å². The smallest absolute Gasteiger partial charge is 0.318 e. The van der Waals surface area contributed by atoms with Gasteiger partial charge in [0.25, 0.3) is 0 Å². The largest absolute Gasteiger partial charge is 0.350 e. The lowest BCUT2D eigenvalue weighted by molar-refractivity contribution is -0.126. The summed E-state index contributed by atoms with van der Waals surface area (Å²) in [5.41, 5.74) is 8.78. The highest BCUT2D eigenvalue weighted by atomic mass is 16.2. The molecule has 1 fully saturated rings. The normalized spacial score (nSPS) is 24.9. The van der Waals surface area contributed by atoms with Crippen LogP contribution >= 0.6 is 0 Å². The minimum absolute atomic E-state index is 0.0117. The summed E-state index contributed by atoms with van der Waals surface area (Å²) in [7, 11) is 3.98. The maximum Gasteiger partial charge on any atom is 0.318 e. The molecule has 1 aromatic carbocycles. The Morgan fingerprint density at radius 1 is 1.13 bits per heavy atom. The van der Waals surface area contributed by atoms with Crippen molar-refractivity contribution in [2.45, 2.75) is 63.3 Å². The Bertz CT molecular complexity index is 1080. The monoisotopic (exact) mass is 523 g/mol. The summed E-state index contributed by atoms with van der Waals surface area (Å²) in [5, 5.41) is 9.29. The molecule has 3 aliphatic rings. The molecule has 0 radical (unpaired) electrons. The Morgan fingerprint density at radius 3 is 2.45 bits per heavy atom. The topological polar surface area (TPSA) is 118 Å². The van der Waals surface area contributed by atoms with Gasteiger partial charge in [-0.05, 0) is 65.3 Å². The summed E-state index contributed by atoms with van der Waals surface area (Å²) in [5.74, 6) is -0.292. The quantitative estimate of drug-likeness (QED) is 0.332. The minimum Gasteiger partial charge on any atom is -0.350 e. The Morgan fingerprint density at radius 2 is 1.82 bits per heavy atom. The van der Waals surface area contributed by atoms with Crippen molar-refractivity contribution in [3.8, 4) is 0 Å². The summed E-state index contributed by atoms with van der Waals surface area (Å²) in [6.07, 6.45) is 3.84. The molecule has 0 spiro atoms. The Labute approximate surface area is 225 Å². The van der Waals surface area contributed by atoms with Crippen molar-refractivity contribution in [2.24, 2.45) is 5.92 Å².